The van der Waals surface area contributed by atoms with Crippen LogP contribution in [0.25, 0.3) is 0 Å². The van der Waals surface area contributed by atoms with E-state index in [2.05, 4.69) is 10.3 Å². The Hall–Kier alpha value is -2.61. The molecule has 1 saturated carbocycles. The summed E-state index contributed by atoms with van der Waals surface area (Å²) in [5, 5.41) is 3.58. The van der Waals surface area contributed by atoms with E-state index in [1.165, 1.54) is 11.3 Å². The van der Waals surface area contributed by atoms with Crippen LogP contribution in [0.2, 0.25) is 0 Å². The van der Waals surface area contributed by atoms with Crippen LogP contribution in [0.1, 0.15) is 29.8 Å². The van der Waals surface area contributed by atoms with Crippen LogP contribution in [0.15, 0.2) is 24.3 Å². The number of carbonyl (C=O) groups excluding carboxylic acids is 2. The molecule has 1 atom stereocenters. The highest BCUT2D eigenvalue weighted by atomic mass is 32.1. The molecular weight excluding hydrogens is 378 g/mol. The third kappa shape index (κ3) is 3.22. The lowest BCUT2D eigenvalue weighted by Crippen LogP contribution is -2.47. The van der Waals surface area contributed by atoms with Crippen molar-refractivity contribution < 1.29 is 19.1 Å². The lowest BCUT2D eigenvalue weighted by molar-refractivity contribution is -0.142. The predicted molar refractivity (Wildman–Crippen MR) is 104 cm³/mol. The molecule has 7 nitrogen and oxygen atoms in total. The normalized spacial score (nSPS) is 20.9. The lowest BCUT2D eigenvalue weighted by atomic mass is 9.85. The van der Waals surface area contributed by atoms with Crippen LogP contribution in [0.5, 0.6) is 11.5 Å². The first-order valence-electron chi connectivity index (χ1n) is 9.64. The first-order chi connectivity index (χ1) is 13.7. The van der Waals surface area contributed by atoms with E-state index >= 15 is 0 Å². The number of hydrogen-bond acceptors (Lipinski definition) is 6. The van der Waals surface area contributed by atoms with Crippen molar-refractivity contribution in [3.05, 3.63) is 34.8 Å². The highest BCUT2D eigenvalue weighted by Gasteiger charge is 2.34. The average molecular weight is 399 g/mol. The molecule has 0 saturated heterocycles. The SMILES string of the molecule is O=C(Nc1nc2c(s1)CN(C(=O)C1COc3ccccc3O1)CC2)C1CCC1. The number of aromatic nitrogens is 1. The maximum absolute atomic E-state index is 12.9. The first kappa shape index (κ1) is 17.5. The van der Waals surface area contributed by atoms with Gasteiger partial charge in [0, 0.05) is 23.8 Å². The molecule has 1 fully saturated rings. The summed E-state index contributed by atoms with van der Waals surface area (Å²) in [6.45, 7) is 1.30. The summed E-state index contributed by atoms with van der Waals surface area (Å²) in [6.07, 6.45) is 3.10. The molecular formula is C20H21N3O4S. The minimum absolute atomic E-state index is 0.0664. The average Bonchev–Trinajstić information content (AvgIpc) is 3.06. The minimum Gasteiger partial charge on any atom is -0.485 e. The molecule has 28 heavy (non-hydrogen) atoms. The number of fused-ring (bicyclic) bond motifs is 2. The van der Waals surface area contributed by atoms with E-state index in [9.17, 15) is 9.59 Å². The number of benzene rings is 1. The smallest absolute Gasteiger partial charge is 0.267 e. The fourth-order valence-corrected chi connectivity index (χ4v) is 4.69. The van der Waals surface area contributed by atoms with Gasteiger partial charge in [0.1, 0.15) is 6.61 Å². The van der Waals surface area contributed by atoms with E-state index in [0.29, 0.717) is 36.1 Å². The van der Waals surface area contributed by atoms with Crippen molar-refractivity contribution >= 4 is 28.3 Å². The second-order valence-electron chi connectivity index (χ2n) is 7.38. The van der Waals surface area contributed by atoms with Crippen molar-refractivity contribution in [1.82, 2.24) is 9.88 Å². The summed E-state index contributed by atoms with van der Waals surface area (Å²) >= 11 is 1.46. The van der Waals surface area contributed by atoms with E-state index in [-0.39, 0.29) is 24.3 Å². The van der Waals surface area contributed by atoms with Crippen molar-refractivity contribution in [3.63, 3.8) is 0 Å². The summed E-state index contributed by atoms with van der Waals surface area (Å²) in [7, 11) is 0. The maximum atomic E-state index is 12.9. The van der Waals surface area contributed by atoms with E-state index in [1.54, 1.807) is 4.90 Å². The van der Waals surface area contributed by atoms with Crippen molar-refractivity contribution in [2.24, 2.45) is 5.92 Å². The Kier molecular flexibility index (Phi) is 4.43. The van der Waals surface area contributed by atoms with Gasteiger partial charge < -0.3 is 19.7 Å². The van der Waals surface area contributed by atoms with Crippen LogP contribution in [0.4, 0.5) is 5.13 Å². The van der Waals surface area contributed by atoms with Gasteiger partial charge in [-0.15, -0.1) is 0 Å². The number of rotatable bonds is 3. The number of ether oxygens (including phenoxy) is 2. The highest BCUT2D eigenvalue weighted by Crippen LogP contribution is 2.34. The standard InChI is InChI=1S/C20H21N3O4S/c24-18(12-4-3-5-12)22-20-21-13-8-9-23(10-17(13)28-20)19(25)16-11-26-14-6-1-2-7-15(14)27-16/h1-2,6-7,12,16H,3-5,8-11H2,(H,21,22,24). The number of thiazole rings is 1. The largest absolute Gasteiger partial charge is 0.485 e. The number of carbonyl (C=O) groups is 2. The van der Waals surface area contributed by atoms with Gasteiger partial charge in [0.25, 0.3) is 5.91 Å². The Morgan fingerprint density at radius 1 is 1.21 bits per heavy atom. The minimum atomic E-state index is -0.637. The van der Waals surface area contributed by atoms with Crippen molar-refractivity contribution in [2.45, 2.75) is 38.3 Å². The zero-order valence-electron chi connectivity index (χ0n) is 15.3. The molecule has 8 heteroatoms. The van der Waals surface area contributed by atoms with E-state index in [4.69, 9.17) is 9.47 Å². The van der Waals surface area contributed by atoms with Crippen molar-refractivity contribution in [2.75, 3.05) is 18.5 Å². The van der Waals surface area contributed by atoms with E-state index in [1.807, 2.05) is 24.3 Å². The maximum Gasteiger partial charge on any atom is 0.267 e. The van der Waals surface area contributed by atoms with Gasteiger partial charge in [0.05, 0.1) is 12.2 Å². The van der Waals surface area contributed by atoms with Crippen LogP contribution in [-0.4, -0.2) is 41.0 Å². The Morgan fingerprint density at radius 3 is 2.82 bits per heavy atom. The van der Waals surface area contributed by atoms with Gasteiger partial charge in [0.2, 0.25) is 12.0 Å². The number of amides is 2. The Bertz CT molecular complexity index is 924. The van der Waals surface area contributed by atoms with Gasteiger partial charge in [-0.25, -0.2) is 4.98 Å². The van der Waals surface area contributed by atoms with Gasteiger partial charge in [-0.05, 0) is 25.0 Å². The van der Waals surface area contributed by atoms with Crippen LogP contribution in [0, 0.1) is 5.92 Å². The second kappa shape index (κ2) is 7.09. The molecule has 2 aromatic rings. The number of hydrogen-bond donors (Lipinski definition) is 1. The highest BCUT2D eigenvalue weighted by molar-refractivity contribution is 7.15. The topological polar surface area (TPSA) is 80.8 Å². The van der Waals surface area contributed by atoms with Crippen molar-refractivity contribution in [1.29, 1.82) is 0 Å². The predicted octanol–water partition coefficient (Wildman–Crippen LogP) is 2.61. The van der Waals surface area contributed by atoms with E-state index in [0.717, 1.165) is 29.8 Å². The van der Waals surface area contributed by atoms with Gasteiger partial charge in [-0.3, -0.25) is 9.59 Å². The number of anilines is 1. The molecule has 1 aromatic heterocycles. The lowest BCUT2D eigenvalue weighted by Gasteiger charge is -2.32. The number of nitrogens with one attached hydrogen (secondary N) is 1. The quantitative estimate of drug-likeness (QED) is 0.858. The van der Waals surface area contributed by atoms with Gasteiger partial charge in [-0.2, -0.15) is 0 Å². The van der Waals surface area contributed by atoms with Gasteiger partial charge in [-0.1, -0.05) is 29.9 Å². The van der Waals surface area contributed by atoms with Crippen LogP contribution < -0.4 is 14.8 Å². The molecule has 146 valence electrons. The van der Waals surface area contributed by atoms with Crippen LogP contribution >= 0.6 is 11.3 Å². The van der Waals surface area contributed by atoms with Crippen LogP contribution in [0.3, 0.4) is 0 Å². The molecule has 0 bridgehead atoms. The zero-order valence-corrected chi connectivity index (χ0v) is 16.2. The summed E-state index contributed by atoms with van der Waals surface area (Å²) in [4.78, 5) is 32.5. The van der Waals surface area contributed by atoms with Crippen molar-refractivity contribution in [3.8, 4) is 11.5 Å². The fourth-order valence-electron chi connectivity index (χ4n) is 3.66. The second-order valence-corrected chi connectivity index (χ2v) is 8.46. The third-order valence-corrected chi connectivity index (χ3v) is 6.53. The summed E-state index contributed by atoms with van der Waals surface area (Å²) < 4.78 is 11.5. The molecule has 1 aromatic carbocycles. The molecule has 0 radical (unpaired) electrons. The fraction of sp³-hybridized carbons (Fsp3) is 0.450. The summed E-state index contributed by atoms with van der Waals surface area (Å²) in [5.41, 5.74) is 0.976. The summed E-state index contributed by atoms with van der Waals surface area (Å²) in [5.74, 6) is 1.39. The summed E-state index contributed by atoms with van der Waals surface area (Å²) in [6, 6.07) is 7.38. The van der Waals surface area contributed by atoms with Gasteiger partial charge in [0.15, 0.2) is 16.6 Å². The molecule has 1 unspecified atom stereocenters. The monoisotopic (exact) mass is 399 g/mol. The van der Waals surface area contributed by atoms with Gasteiger partial charge >= 0.3 is 0 Å². The molecule has 1 N–H and O–H groups in total. The van der Waals surface area contributed by atoms with E-state index < -0.39 is 6.10 Å². The number of para-hydroxylation sites is 2. The molecule has 3 aliphatic rings. The Morgan fingerprint density at radius 2 is 2.04 bits per heavy atom. The molecule has 2 amide bonds. The molecule has 2 aliphatic heterocycles. The first-order valence-corrected chi connectivity index (χ1v) is 10.5. The molecule has 3 heterocycles. The third-order valence-electron chi connectivity index (χ3n) is 5.53. The zero-order chi connectivity index (χ0) is 19.1. The molecule has 1 aliphatic carbocycles. The Balaban J connectivity index is 1.24. The molecule has 5 rings (SSSR count). The van der Waals surface area contributed by atoms with Crippen LogP contribution in [-0.2, 0) is 22.6 Å². The Labute approximate surface area is 166 Å². The number of nitrogens with zero attached hydrogens (tertiary/aromatic N) is 2. The molecule has 0 spiro atoms.